The van der Waals surface area contributed by atoms with Gasteiger partial charge in [0.2, 0.25) is 0 Å². The van der Waals surface area contributed by atoms with Gasteiger partial charge in [0, 0.05) is 11.6 Å². The maximum absolute atomic E-state index is 11.7. The molecule has 0 aliphatic rings. The van der Waals surface area contributed by atoms with Crippen LogP contribution in [0, 0.1) is 0 Å². The third kappa shape index (κ3) is 2.99. The van der Waals surface area contributed by atoms with Gasteiger partial charge in [-0.1, -0.05) is 0 Å². The topological polar surface area (TPSA) is 60.5 Å². The van der Waals surface area contributed by atoms with Crippen molar-refractivity contribution in [2.75, 3.05) is 19.0 Å². The summed E-state index contributed by atoms with van der Waals surface area (Å²) in [4.78, 5) is 15.9. The van der Waals surface area contributed by atoms with Gasteiger partial charge >= 0.3 is 5.97 Å². The van der Waals surface area contributed by atoms with E-state index in [9.17, 15) is 4.79 Å². The average Bonchev–Trinajstić information content (AvgIpc) is 2.47. The lowest BCUT2D eigenvalue weighted by molar-refractivity contribution is -0.143. The fourth-order valence-electron chi connectivity index (χ4n) is 1.93. The van der Waals surface area contributed by atoms with E-state index >= 15 is 0 Å². The Hall–Kier alpha value is -2.30. The van der Waals surface area contributed by atoms with Gasteiger partial charge in [0.15, 0.2) is 0 Å². The van der Waals surface area contributed by atoms with Crippen molar-refractivity contribution in [3.05, 3.63) is 30.5 Å². The molecule has 1 N–H and O–H groups in total. The van der Waals surface area contributed by atoms with Gasteiger partial charge in [-0.3, -0.25) is 0 Å². The first-order valence-corrected chi connectivity index (χ1v) is 6.51. The Balaban J connectivity index is 2.28. The number of hydrogen-bond donors (Lipinski definition) is 1. The minimum absolute atomic E-state index is 0.292. The minimum atomic E-state index is -0.449. The molecule has 1 atom stereocenters. The Morgan fingerprint density at radius 1 is 1.40 bits per heavy atom. The molecule has 0 saturated heterocycles. The molecule has 0 saturated carbocycles. The fraction of sp³-hybridized carbons (Fsp3) is 0.333. The molecule has 5 nitrogen and oxygen atoms in total. The lowest BCUT2D eigenvalue weighted by Gasteiger charge is -2.15. The van der Waals surface area contributed by atoms with Crippen molar-refractivity contribution >= 4 is 22.6 Å². The molecule has 20 heavy (non-hydrogen) atoms. The number of rotatable bonds is 5. The fourth-order valence-corrected chi connectivity index (χ4v) is 1.93. The number of esters is 1. The summed E-state index contributed by atoms with van der Waals surface area (Å²) in [6, 6.07) is 7.16. The Labute approximate surface area is 117 Å². The molecule has 0 aliphatic heterocycles. The number of anilines is 1. The van der Waals surface area contributed by atoms with Gasteiger partial charge in [0.05, 0.1) is 13.7 Å². The highest BCUT2D eigenvalue weighted by Crippen LogP contribution is 2.25. The Morgan fingerprint density at radius 2 is 2.20 bits per heavy atom. The first-order chi connectivity index (χ1) is 9.65. The van der Waals surface area contributed by atoms with Crippen molar-refractivity contribution in [3.63, 3.8) is 0 Å². The molecule has 106 valence electrons. The van der Waals surface area contributed by atoms with Crippen molar-refractivity contribution in [1.82, 2.24) is 4.98 Å². The maximum Gasteiger partial charge on any atom is 0.328 e. The summed E-state index contributed by atoms with van der Waals surface area (Å²) in [6.45, 7) is 3.90. The van der Waals surface area contributed by atoms with E-state index in [-0.39, 0.29) is 5.97 Å². The van der Waals surface area contributed by atoms with Gasteiger partial charge in [-0.2, -0.15) is 0 Å². The van der Waals surface area contributed by atoms with Gasteiger partial charge < -0.3 is 14.8 Å². The van der Waals surface area contributed by atoms with Gasteiger partial charge in [0.1, 0.15) is 17.6 Å². The summed E-state index contributed by atoms with van der Waals surface area (Å²) in [5, 5.41) is 5.01. The Bertz CT molecular complexity index is 613. The lowest BCUT2D eigenvalue weighted by atomic mass is 10.1. The zero-order chi connectivity index (χ0) is 14.5. The molecule has 0 fully saturated rings. The predicted octanol–water partition coefficient (Wildman–Crippen LogP) is 2.61. The molecule has 0 spiro atoms. The SMILES string of the molecule is CCOC(=O)C(C)Nc1nccc2cc(OC)ccc12. The largest absolute Gasteiger partial charge is 0.497 e. The molecule has 1 heterocycles. The van der Waals surface area contributed by atoms with E-state index in [0.717, 1.165) is 16.5 Å². The zero-order valence-electron chi connectivity index (χ0n) is 11.8. The Morgan fingerprint density at radius 3 is 2.90 bits per heavy atom. The summed E-state index contributed by atoms with van der Waals surface area (Å²) >= 11 is 0. The molecule has 1 aromatic carbocycles. The predicted molar refractivity (Wildman–Crippen MR) is 78.0 cm³/mol. The van der Waals surface area contributed by atoms with E-state index in [1.165, 1.54) is 0 Å². The van der Waals surface area contributed by atoms with Crippen LogP contribution in [-0.4, -0.2) is 30.7 Å². The van der Waals surface area contributed by atoms with E-state index in [2.05, 4.69) is 10.3 Å². The molecule has 2 aromatic rings. The number of carbonyl (C=O) groups is 1. The number of benzene rings is 1. The maximum atomic E-state index is 11.7. The first-order valence-electron chi connectivity index (χ1n) is 6.51. The van der Waals surface area contributed by atoms with Crippen molar-refractivity contribution < 1.29 is 14.3 Å². The van der Waals surface area contributed by atoms with Crippen LogP contribution < -0.4 is 10.1 Å². The van der Waals surface area contributed by atoms with Crippen LogP contribution in [-0.2, 0) is 9.53 Å². The molecule has 0 aliphatic carbocycles. The summed E-state index contributed by atoms with van der Waals surface area (Å²) in [6.07, 6.45) is 1.70. The van der Waals surface area contributed by atoms with E-state index in [1.807, 2.05) is 24.3 Å². The number of fused-ring (bicyclic) bond motifs is 1. The number of aromatic nitrogens is 1. The number of pyridine rings is 1. The van der Waals surface area contributed by atoms with Crippen LogP contribution in [0.2, 0.25) is 0 Å². The van der Waals surface area contributed by atoms with Crippen LogP contribution in [0.4, 0.5) is 5.82 Å². The zero-order valence-corrected chi connectivity index (χ0v) is 11.8. The third-order valence-electron chi connectivity index (χ3n) is 2.96. The normalized spacial score (nSPS) is 11.9. The van der Waals surface area contributed by atoms with Gasteiger partial charge in [-0.25, -0.2) is 9.78 Å². The Kier molecular flexibility index (Phi) is 4.40. The van der Waals surface area contributed by atoms with Crippen LogP contribution in [0.1, 0.15) is 13.8 Å². The molecule has 0 amide bonds. The van der Waals surface area contributed by atoms with Crippen LogP contribution in [0.5, 0.6) is 5.75 Å². The summed E-state index contributed by atoms with van der Waals surface area (Å²) < 4.78 is 10.2. The molecule has 2 rings (SSSR count). The van der Waals surface area contributed by atoms with E-state index in [1.54, 1.807) is 27.2 Å². The third-order valence-corrected chi connectivity index (χ3v) is 2.96. The van der Waals surface area contributed by atoms with E-state index < -0.39 is 6.04 Å². The van der Waals surface area contributed by atoms with Crippen molar-refractivity contribution in [2.45, 2.75) is 19.9 Å². The van der Waals surface area contributed by atoms with Gasteiger partial charge in [0.25, 0.3) is 0 Å². The van der Waals surface area contributed by atoms with E-state index in [4.69, 9.17) is 9.47 Å². The van der Waals surface area contributed by atoms with Gasteiger partial charge in [-0.15, -0.1) is 0 Å². The smallest absolute Gasteiger partial charge is 0.328 e. The molecule has 0 bridgehead atoms. The first kappa shape index (κ1) is 14.1. The number of carbonyl (C=O) groups excluding carboxylic acids is 1. The monoisotopic (exact) mass is 274 g/mol. The highest BCUT2D eigenvalue weighted by Gasteiger charge is 2.15. The van der Waals surface area contributed by atoms with Crippen molar-refractivity contribution in [2.24, 2.45) is 0 Å². The highest BCUT2D eigenvalue weighted by molar-refractivity contribution is 5.94. The number of ether oxygens (including phenoxy) is 2. The van der Waals surface area contributed by atoms with E-state index in [0.29, 0.717) is 12.4 Å². The highest BCUT2D eigenvalue weighted by atomic mass is 16.5. The molecular formula is C15H18N2O3. The second-order valence-electron chi connectivity index (χ2n) is 4.36. The minimum Gasteiger partial charge on any atom is -0.497 e. The molecule has 1 aromatic heterocycles. The number of hydrogen-bond acceptors (Lipinski definition) is 5. The molecular weight excluding hydrogens is 256 g/mol. The molecule has 5 heteroatoms. The van der Waals surface area contributed by atoms with Gasteiger partial charge in [-0.05, 0) is 43.5 Å². The number of nitrogens with one attached hydrogen (secondary N) is 1. The van der Waals surface area contributed by atoms with Crippen LogP contribution in [0.25, 0.3) is 10.8 Å². The van der Waals surface area contributed by atoms with Crippen molar-refractivity contribution in [1.29, 1.82) is 0 Å². The lowest BCUT2D eigenvalue weighted by Crippen LogP contribution is -2.28. The van der Waals surface area contributed by atoms with Crippen LogP contribution >= 0.6 is 0 Å². The second kappa shape index (κ2) is 6.23. The summed E-state index contributed by atoms with van der Waals surface area (Å²) in [5.74, 6) is 1.15. The van der Waals surface area contributed by atoms with Crippen molar-refractivity contribution in [3.8, 4) is 5.75 Å². The standard InChI is InChI=1S/C15H18N2O3/c1-4-20-15(18)10(2)17-14-13-6-5-12(19-3)9-11(13)7-8-16-14/h5-10H,4H2,1-3H3,(H,16,17). The average molecular weight is 274 g/mol. The van der Waals surface area contributed by atoms with Crippen LogP contribution in [0.3, 0.4) is 0 Å². The molecule has 1 unspecified atom stereocenters. The molecule has 0 radical (unpaired) electrons. The number of methoxy groups -OCH3 is 1. The van der Waals surface area contributed by atoms with Crippen LogP contribution in [0.15, 0.2) is 30.5 Å². The summed E-state index contributed by atoms with van der Waals surface area (Å²) in [7, 11) is 1.63. The quantitative estimate of drug-likeness (QED) is 0.849. The second-order valence-corrected chi connectivity index (χ2v) is 4.36. The summed E-state index contributed by atoms with van der Waals surface area (Å²) in [5.41, 5.74) is 0. The number of nitrogens with zero attached hydrogens (tertiary/aromatic N) is 1.